The zero-order valence-electron chi connectivity index (χ0n) is 17.7. The largest absolute Gasteiger partial charge is 0.445 e. The molecule has 1 aliphatic rings. The van der Waals surface area contributed by atoms with Crippen LogP contribution in [0.5, 0.6) is 0 Å². The van der Waals surface area contributed by atoms with Crippen molar-refractivity contribution in [2.24, 2.45) is 11.8 Å². The van der Waals surface area contributed by atoms with Gasteiger partial charge in [-0.1, -0.05) is 64.4 Å². The van der Waals surface area contributed by atoms with E-state index in [9.17, 15) is 9.59 Å². The second-order valence-corrected chi connectivity index (χ2v) is 8.09. The molecule has 1 saturated heterocycles. The van der Waals surface area contributed by atoms with E-state index in [1.165, 1.54) is 0 Å². The molecule has 0 spiro atoms. The Morgan fingerprint density at radius 1 is 1.07 bits per heavy atom. The lowest BCUT2D eigenvalue weighted by Crippen LogP contribution is -2.57. The quantitative estimate of drug-likeness (QED) is 0.742. The van der Waals surface area contributed by atoms with E-state index >= 15 is 0 Å². The Labute approximate surface area is 169 Å². The minimum Gasteiger partial charge on any atom is -0.445 e. The summed E-state index contributed by atoms with van der Waals surface area (Å²) in [6.07, 6.45) is 0.267. The smallest absolute Gasteiger partial charge is 0.408 e. The highest BCUT2D eigenvalue weighted by Gasteiger charge is 2.32. The Bertz CT molecular complexity index is 613. The molecular weight excluding hydrogens is 354 g/mol. The summed E-state index contributed by atoms with van der Waals surface area (Å²) in [5, 5.41) is 2.81. The molecule has 1 fully saturated rings. The van der Waals surface area contributed by atoms with Crippen LogP contribution < -0.4 is 5.32 Å². The lowest BCUT2D eigenvalue weighted by atomic mass is 9.97. The van der Waals surface area contributed by atoms with E-state index in [1.54, 1.807) is 0 Å². The number of rotatable bonds is 8. The third kappa shape index (κ3) is 6.82. The van der Waals surface area contributed by atoms with Crippen molar-refractivity contribution in [3.63, 3.8) is 0 Å². The highest BCUT2D eigenvalue weighted by Crippen LogP contribution is 2.14. The Morgan fingerprint density at radius 3 is 2.29 bits per heavy atom. The van der Waals surface area contributed by atoms with E-state index in [2.05, 4.69) is 24.1 Å². The number of ether oxygens (including phenoxy) is 1. The Balaban J connectivity index is 1.89. The van der Waals surface area contributed by atoms with E-state index in [0.29, 0.717) is 19.0 Å². The summed E-state index contributed by atoms with van der Waals surface area (Å²) in [5.41, 5.74) is 0.922. The number of benzene rings is 1. The van der Waals surface area contributed by atoms with Crippen LogP contribution in [0, 0.1) is 11.8 Å². The van der Waals surface area contributed by atoms with Gasteiger partial charge in [-0.15, -0.1) is 0 Å². The highest BCUT2D eigenvalue weighted by atomic mass is 16.5. The second kappa shape index (κ2) is 11.1. The van der Waals surface area contributed by atoms with Crippen molar-refractivity contribution in [2.45, 2.75) is 46.8 Å². The third-order valence-electron chi connectivity index (χ3n) is 5.27. The average molecular weight is 390 g/mol. The fraction of sp³-hybridized carbons (Fsp3) is 0.636. The van der Waals surface area contributed by atoms with Crippen molar-refractivity contribution in [2.75, 3.05) is 32.7 Å². The summed E-state index contributed by atoms with van der Waals surface area (Å²) in [5.74, 6) is 0.664. The van der Waals surface area contributed by atoms with Crippen LogP contribution in [0.25, 0.3) is 0 Å². The lowest BCUT2D eigenvalue weighted by molar-refractivity contribution is -0.136. The minimum absolute atomic E-state index is 0.00444. The van der Waals surface area contributed by atoms with Gasteiger partial charge in [-0.2, -0.15) is 0 Å². The van der Waals surface area contributed by atoms with Crippen LogP contribution in [-0.2, 0) is 16.1 Å². The van der Waals surface area contributed by atoms with Gasteiger partial charge in [-0.3, -0.25) is 9.69 Å². The van der Waals surface area contributed by atoms with Crippen molar-refractivity contribution in [3.05, 3.63) is 35.9 Å². The molecule has 1 heterocycles. The first-order valence-electron chi connectivity index (χ1n) is 10.4. The van der Waals surface area contributed by atoms with Crippen molar-refractivity contribution >= 4 is 12.0 Å². The van der Waals surface area contributed by atoms with Gasteiger partial charge in [-0.05, 0) is 17.4 Å². The van der Waals surface area contributed by atoms with Crippen LogP contribution >= 0.6 is 0 Å². The molecule has 0 bridgehead atoms. The number of alkyl carbamates (subject to hydrolysis) is 1. The predicted octanol–water partition coefficient (Wildman–Crippen LogP) is 3.13. The van der Waals surface area contributed by atoms with Gasteiger partial charge in [0.15, 0.2) is 0 Å². The van der Waals surface area contributed by atoms with Crippen LogP contribution in [0.2, 0.25) is 0 Å². The molecule has 2 atom stereocenters. The molecular formula is C22H35N3O3. The topological polar surface area (TPSA) is 61.9 Å². The van der Waals surface area contributed by atoms with Crippen LogP contribution in [-0.4, -0.2) is 60.6 Å². The molecule has 0 radical (unpaired) electrons. The first-order valence-corrected chi connectivity index (χ1v) is 10.4. The maximum absolute atomic E-state index is 13.1. The molecule has 0 unspecified atom stereocenters. The van der Waals surface area contributed by atoms with Crippen molar-refractivity contribution in [3.8, 4) is 0 Å². The van der Waals surface area contributed by atoms with E-state index in [-0.39, 0.29) is 18.4 Å². The van der Waals surface area contributed by atoms with E-state index < -0.39 is 12.1 Å². The zero-order chi connectivity index (χ0) is 20.5. The number of hydrogen-bond acceptors (Lipinski definition) is 4. The fourth-order valence-corrected chi connectivity index (χ4v) is 3.44. The van der Waals surface area contributed by atoms with Crippen LogP contribution in [0.15, 0.2) is 30.3 Å². The van der Waals surface area contributed by atoms with Gasteiger partial charge in [0, 0.05) is 32.7 Å². The summed E-state index contributed by atoms with van der Waals surface area (Å²) in [4.78, 5) is 29.6. The Hall–Kier alpha value is -2.08. The number of nitrogens with zero attached hydrogens (tertiary/aromatic N) is 2. The maximum atomic E-state index is 13.1. The first-order chi connectivity index (χ1) is 13.4. The molecule has 0 aromatic heterocycles. The average Bonchev–Trinajstić information content (AvgIpc) is 2.70. The van der Waals surface area contributed by atoms with Crippen LogP contribution in [0.3, 0.4) is 0 Å². The standard InChI is InChI=1S/C22H35N3O3/c1-5-18(4)20(23-22(27)28-16-19-9-7-6-8-10-19)21(26)25-13-11-24(12-14-25)15-17(2)3/h6-10,17-18,20H,5,11-16H2,1-4H3,(H,23,27)/t18-,20-/m0/s1. The van der Waals surface area contributed by atoms with Crippen LogP contribution in [0.1, 0.15) is 39.7 Å². The van der Waals surface area contributed by atoms with Gasteiger partial charge in [0.2, 0.25) is 5.91 Å². The number of carbonyl (C=O) groups is 2. The molecule has 156 valence electrons. The summed E-state index contributed by atoms with van der Waals surface area (Å²) in [7, 11) is 0. The number of carbonyl (C=O) groups excluding carboxylic acids is 2. The van der Waals surface area contributed by atoms with Gasteiger partial charge in [0.1, 0.15) is 12.6 Å². The van der Waals surface area contributed by atoms with Gasteiger partial charge < -0.3 is 15.0 Å². The van der Waals surface area contributed by atoms with Crippen molar-refractivity contribution in [1.82, 2.24) is 15.1 Å². The highest BCUT2D eigenvalue weighted by molar-refractivity contribution is 5.86. The van der Waals surface area contributed by atoms with Gasteiger partial charge in [0.25, 0.3) is 0 Å². The summed E-state index contributed by atoms with van der Waals surface area (Å²) < 4.78 is 5.32. The summed E-state index contributed by atoms with van der Waals surface area (Å²) >= 11 is 0. The van der Waals surface area contributed by atoms with Gasteiger partial charge >= 0.3 is 6.09 Å². The van der Waals surface area contributed by atoms with E-state index in [4.69, 9.17) is 4.74 Å². The molecule has 2 rings (SSSR count). The minimum atomic E-state index is -0.551. The molecule has 1 aliphatic heterocycles. The Morgan fingerprint density at radius 2 is 1.71 bits per heavy atom. The number of piperazine rings is 1. The van der Waals surface area contributed by atoms with Crippen molar-refractivity contribution < 1.29 is 14.3 Å². The van der Waals surface area contributed by atoms with E-state index in [1.807, 2.05) is 49.1 Å². The molecule has 0 aliphatic carbocycles. The van der Waals surface area contributed by atoms with Crippen molar-refractivity contribution in [1.29, 1.82) is 0 Å². The molecule has 28 heavy (non-hydrogen) atoms. The molecule has 6 nitrogen and oxygen atoms in total. The van der Waals surface area contributed by atoms with Gasteiger partial charge in [-0.25, -0.2) is 4.79 Å². The maximum Gasteiger partial charge on any atom is 0.408 e. The van der Waals surface area contributed by atoms with Crippen LogP contribution in [0.4, 0.5) is 4.79 Å². The SMILES string of the molecule is CC[C@H](C)[C@H](NC(=O)OCc1ccccc1)C(=O)N1CCN(CC(C)C)CC1. The number of amides is 2. The second-order valence-electron chi connectivity index (χ2n) is 8.09. The predicted molar refractivity (Wildman–Crippen MR) is 111 cm³/mol. The lowest BCUT2D eigenvalue weighted by Gasteiger charge is -2.38. The molecule has 1 aromatic rings. The summed E-state index contributed by atoms with van der Waals surface area (Å²) in [6.45, 7) is 12.9. The monoisotopic (exact) mass is 389 g/mol. The molecule has 6 heteroatoms. The normalized spacial score (nSPS) is 17.2. The third-order valence-corrected chi connectivity index (χ3v) is 5.27. The summed E-state index contributed by atoms with van der Waals surface area (Å²) in [6, 6.07) is 8.98. The van der Waals surface area contributed by atoms with E-state index in [0.717, 1.165) is 31.6 Å². The zero-order valence-corrected chi connectivity index (χ0v) is 17.7. The molecule has 1 aromatic carbocycles. The number of hydrogen-bond donors (Lipinski definition) is 1. The van der Waals surface area contributed by atoms with Gasteiger partial charge in [0.05, 0.1) is 0 Å². The first kappa shape index (κ1) is 22.2. The number of nitrogens with one attached hydrogen (secondary N) is 1. The molecule has 2 amide bonds. The fourth-order valence-electron chi connectivity index (χ4n) is 3.44. The Kier molecular flexibility index (Phi) is 8.77. The molecule has 0 saturated carbocycles. The molecule has 1 N–H and O–H groups in total.